The SMILES string of the molecule is CN1CCN(C)C(CC(O)Cc2nnn(C)n2)C1. The number of hydrogen-bond acceptors (Lipinski definition) is 6. The van der Waals surface area contributed by atoms with Crippen molar-refractivity contribution in [3.05, 3.63) is 5.82 Å². The Morgan fingerprint density at radius 3 is 2.78 bits per heavy atom. The molecule has 0 saturated carbocycles. The number of nitrogens with zero attached hydrogens (tertiary/aromatic N) is 6. The van der Waals surface area contributed by atoms with E-state index in [1.165, 1.54) is 4.80 Å². The highest BCUT2D eigenvalue weighted by atomic mass is 16.3. The van der Waals surface area contributed by atoms with Crippen molar-refractivity contribution in [2.45, 2.75) is 25.0 Å². The van der Waals surface area contributed by atoms with Crippen LogP contribution in [0.15, 0.2) is 0 Å². The monoisotopic (exact) mass is 254 g/mol. The molecule has 2 rings (SSSR count). The third kappa shape index (κ3) is 3.47. The van der Waals surface area contributed by atoms with Crippen LogP contribution in [0.2, 0.25) is 0 Å². The van der Waals surface area contributed by atoms with Crippen molar-refractivity contribution in [2.75, 3.05) is 33.7 Å². The minimum Gasteiger partial charge on any atom is -0.393 e. The highest BCUT2D eigenvalue weighted by Gasteiger charge is 2.25. The first-order valence-electron chi connectivity index (χ1n) is 6.34. The van der Waals surface area contributed by atoms with Crippen LogP contribution in [0.25, 0.3) is 0 Å². The molecule has 2 heterocycles. The zero-order valence-electron chi connectivity index (χ0n) is 11.3. The Labute approximate surface area is 107 Å². The van der Waals surface area contributed by atoms with E-state index in [4.69, 9.17) is 0 Å². The molecule has 1 saturated heterocycles. The van der Waals surface area contributed by atoms with Gasteiger partial charge in [-0.25, -0.2) is 0 Å². The Hall–Kier alpha value is -1.05. The lowest BCUT2D eigenvalue weighted by molar-refractivity contribution is 0.0631. The summed E-state index contributed by atoms with van der Waals surface area (Å²) >= 11 is 0. The first-order chi connectivity index (χ1) is 8.54. The summed E-state index contributed by atoms with van der Waals surface area (Å²) in [4.78, 5) is 6.04. The maximum atomic E-state index is 10.1. The summed E-state index contributed by atoms with van der Waals surface area (Å²) in [5, 5.41) is 21.9. The van der Waals surface area contributed by atoms with Gasteiger partial charge in [0.2, 0.25) is 0 Å². The number of aromatic nitrogens is 4. The van der Waals surface area contributed by atoms with Crippen molar-refractivity contribution in [1.29, 1.82) is 0 Å². The van der Waals surface area contributed by atoms with Crippen molar-refractivity contribution < 1.29 is 5.11 Å². The molecule has 18 heavy (non-hydrogen) atoms. The molecular formula is C11H22N6O. The van der Waals surface area contributed by atoms with Crippen molar-refractivity contribution >= 4 is 0 Å². The van der Waals surface area contributed by atoms with Crippen LogP contribution in [0.1, 0.15) is 12.2 Å². The van der Waals surface area contributed by atoms with Crippen LogP contribution < -0.4 is 0 Å². The second-order valence-corrected chi connectivity index (χ2v) is 5.19. The van der Waals surface area contributed by atoms with Crippen LogP contribution in [0, 0.1) is 0 Å². The first-order valence-corrected chi connectivity index (χ1v) is 6.34. The van der Waals surface area contributed by atoms with Gasteiger partial charge < -0.3 is 14.9 Å². The van der Waals surface area contributed by atoms with Gasteiger partial charge in [0.05, 0.1) is 13.2 Å². The highest BCUT2D eigenvalue weighted by Crippen LogP contribution is 2.13. The third-order valence-corrected chi connectivity index (χ3v) is 3.49. The Kier molecular flexibility index (Phi) is 4.26. The van der Waals surface area contributed by atoms with Crippen LogP contribution >= 0.6 is 0 Å². The third-order valence-electron chi connectivity index (χ3n) is 3.49. The van der Waals surface area contributed by atoms with Crippen LogP contribution in [0.3, 0.4) is 0 Å². The minimum absolute atomic E-state index is 0.399. The quantitative estimate of drug-likeness (QED) is 0.724. The molecule has 7 nitrogen and oxygen atoms in total. The smallest absolute Gasteiger partial charge is 0.177 e. The summed E-state index contributed by atoms with van der Waals surface area (Å²) in [6.45, 7) is 3.15. The van der Waals surface area contributed by atoms with Gasteiger partial charge in [-0.05, 0) is 25.7 Å². The van der Waals surface area contributed by atoms with E-state index in [9.17, 15) is 5.11 Å². The fraction of sp³-hybridized carbons (Fsp3) is 0.909. The summed E-state index contributed by atoms with van der Waals surface area (Å²) in [5.74, 6) is 0.608. The zero-order chi connectivity index (χ0) is 13.1. The molecule has 7 heteroatoms. The van der Waals surface area contributed by atoms with Crippen molar-refractivity contribution in [3.8, 4) is 0 Å². The van der Waals surface area contributed by atoms with E-state index in [-0.39, 0.29) is 0 Å². The van der Waals surface area contributed by atoms with E-state index in [0.29, 0.717) is 18.3 Å². The molecule has 1 fully saturated rings. The van der Waals surface area contributed by atoms with Crippen LogP contribution in [-0.2, 0) is 13.5 Å². The number of aliphatic hydroxyl groups excluding tert-OH is 1. The molecule has 0 aromatic carbocycles. The Morgan fingerprint density at radius 1 is 1.33 bits per heavy atom. The molecule has 1 aromatic heterocycles. The van der Waals surface area contributed by atoms with Gasteiger partial charge in [0.1, 0.15) is 0 Å². The molecule has 0 bridgehead atoms. The Bertz CT molecular complexity index is 381. The van der Waals surface area contributed by atoms with Crippen molar-refractivity contribution in [2.24, 2.45) is 7.05 Å². The largest absolute Gasteiger partial charge is 0.393 e. The molecule has 0 amide bonds. The number of rotatable bonds is 4. The number of aryl methyl sites for hydroxylation is 1. The highest BCUT2D eigenvalue weighted by molar-refractivity contribution is 4.86. The molecule has 0 spiro atoms. The second-order valence-electron chi connectivity index (χ2n) is 5.19. The lowest BCUT2D eigenvalue weighted by atomic mass is 10.0. The molecule has 1 aromatic rings. The van der Waals surface area contributed by atoms with E-state index < -0.39 is 6.10 Å². The first kappa shape index (κ1) is 13.4. The molecule has 1 N–H and O–H groups in total. The summed E-state index contributed by atoms with van der Waals surface area (Å²) in [6, 6.07) is 0.399. The molecule has 1 aliphatic heterocycles. The summed E-state index contributed by atoms with van der Waals surface area (Å²) in [6.07, 6.45) is 0.814. The molecule has 102 valence electrons. The van der Waals surface area contributed by atoms with Gasteiger partial charge in [0.15, 0.2) is 5.82 Å². The van der Waals surface area contributed by atoms with Gasteiger partial charge in [-0.1, -0.05) is 0 Å². The van der Waals surface area contributed by atoms with Gasteiger partial charge in [-0.15, -0.1) is 10.2 Å². The number of likely N-dealkylation sites (N-methyl/N-ethyl adjacent to an activating group) is 2. The molecule has 0 aliphatic carbocycles. The average molecular weight is 254 g/mol. The van der Waals surface area contributed by atoms with Crippen LogP contribution in [0.4, 0.5) is 0 Å². The van der Waals surface area contributed by atoms with Gasteiger partial charge >= 0.3 is 0 Å². The lowest BCUT2D eigenvalue weighted by Gasteiger charge is -2.38. The van der Waals surface area contributed by atoms with Crippen molar-refractivity contribution in [3.63, 3.8) is 0 Å². The standard InChI is InChI=1S/C11H22N6O/c1-15-4-5-16(2)9(8-15)6-10(18)7-11-12-14-17(3)13-11/h9-10,18H,4-8H2,1-3H3. The van der Waals surface area contributed by atoms with E-state index in [2.05, 4.69) is 39.3 Å². The van der Waals surface area contributed by atoms with Crippen molar-refractivity contribution in [1.82, 2.24) is 30.0 Å². The van der Waals surface area contributed by atoms with Crippen LogP contribution in [-0.4, -0.2) is 81.0 Å². The normalized spacial score (nSPS) is 24.3. The van der Waals surface area contributed by atoms with Gasteiger partial charge in [0, 0.05) is 32.1 Å². The maximum absolute atomic E-state index is 10.1. The predicted octanol–water partition coefficient (Wildman–Crippen LogP) is -1.25. The number of aliphatic hydroxyl groups is 1. The van der Waals surface area contributed by atoms with Gasteiger partial charge in [-0.2, -0.15) is 4.80 Å². The fourth-order valence-corrected chi connectivity index (χ4v) is 2.37. The minimum atomic E-state index is -0.409. The summed E-state index contributed by atoms with van der Waals surface area (Å²) < 4.78 is 0. The molecule has 2 unspecified atom stereocenters. The molecular weight excluding hydrogens is 232 g/mol. The van der Waals surface area contributed by atoms with Gasteiger partial charge in [0.25, 0.3) is 0 Å². The Morgan fingerprint density at radius 2 is 2.11 bits per heavy atom. The predicted molar refractivity (Wildman–Crippen MR) is 67.0 cm³/mol. The maximum Gasteiger partial charge on any atom is 0.177 e. The average Bonchev–Trinajstić information content (AvgIpc) is 2.69. The number of hydrogen-bond donors (Lipinski definition) is 1. The topological polar surface area (TPSA) is 70.3 Å². The lowest BCUT2D eigenvalue weighted by Crippen LogP contribution is -2.51. The summed E-state index contributed by atoms with van der Waals surface area (Å²) in [7, 11) is 5.97. The van der Waals surface area contributed by atoms with E-state index in [1.807, 2.05) is 0 Å². The van der Waals surface area contributed by atoms with E-state index >= 15 is 0 Å². The number of tetrazole rings is 1. The Balaban J connectivity index is 1.84. The van der Waals surface area contributed by atoms with E-state index in [1.54, 1.807) is 7.05 Å². The zero-order valence-corrected chi connectivity index (χ0v) is 11.3. The second kappa shape index (κ2) is 5.73. The molecule has 0 radical (unpaired) electrons. The van der Waals surface area contributed by atoms with Gasteiger partial charge in [-0.3, -0.25) is 0 Å². The van der Waals surface area contributed by atoms with Crippen LogP contribution in [0.5, 0.6) is 0 Å². The molecule has 2 atom stereocenters. The van der Waals surface area contributed by atoms with E-state index in [0.717, 1.165) is 26.1 Å². The summed E-state index contributed by atoms with van der Waals surface area (Å²) in [5.41, 5.74) is 0. The number of piperazine rings is 1. The fourth-order valence-electron chi connectivity index (χ4n) is 2.37. The molecule has 1 aliphatic rings.